The largest absolute Gasteiger partial charge is 0.310 e. The molecule has 1 aromatic heterocycles. The van der Waals surface area contributed by atoms with Crippen LogP contribution in [0.2, 0.25) is 0 Å². The molecule has 0 atom stereocenters. The molecular formula is C63H46N2. The Bertz CT molecular complexity index is 3510. The Hall–Kier alpha value is -8.20. The topological polar surface area (TPSA) is 8.17 Å². The first kappa shape index (κ1) is 38.5. The predicted octanol–water partition coefficient (Wildman–Crippen LogP) is 17.2. The van der Waals surface area contributed by atoms with Crippen LogP contribution in [0, 0.1) is 0 Å². The summed E-state index contributed by atoms with van der Waals surface area (Å²) in [7, 11) is 0. The van der Waals surface area contributed by atoms with E-state index in [9.17, 15) is 0 Å². The maximum absolute atomic E-state index is 2.50. The number of para-hydroxylation sites is 2. The van der Waals surface area contributed by atoms with Gasteiger partial charge < -0.3 is 9.47 Å². The van der Waals surface area contributed by atoms with Crippen molar-refractivity contribution in [3.63, 3.8) is 0 Å². The third-order valence-corrected chi connectivity index (χ3v) is 13.6. The molecule has 65 heavy (non-hydrogen) atoms. The minimum Gasteiger partial charge on any atom is -0.310 e. The zero-order chi connectivity index (χ0) is 43.5. The third kappa shape index (κ3) is 6.49. The molecule has 1 aliphatic rings. The molecule has 1 heterocycles. The summed E-state index contributed by atoms with van der Waals surface area (Å²) in [5.74, 6) is 0. The normalized spacial score (nSPS) is 12.6. The van der Waals surface area contributed by atoms with Crippen LogP contribution in [0.1, 0.15) is 25.0 Å². The van der Waals surface area contributed by atoms with Crippen LogP contribution in [-0.4, -0.2) is 4.57 Å². The van der Waals surface area contributed by atoms with Gasteiger partial charge in [-0.25, -0.2) is 0 Å². The van der Waals surface area contributed by atoms with Crippen LogP contribution in [0.25, 0.3) is 83.1 Å². The van der Waals surface area contributed by atoms with Gasteiger partial charge in [-0.3, -0.25) is 0 Å². The number of rotatable bonds is 8. The van der Waals surface area contributed by atoms with Crippen molar-refractivity contribution in [1.82, 2.24) is 4.57 Å². The summed E-state index contributed by atoms with van der Waals surface area (Å²) in [6.07, 6.45) is 0. The number of aromatic nitrogens is 1. The summed E-state index contributed by atoms with van der Waals surface area (Å²) in [4.78, 5) is 2.50. The third-order valence-electron chi connectivity index (χ3n) is 13.6. The van der Waals surface area contributed by atoms with E-state index in [0.717, 1.165) is 28.3 Å². The highest BCUT2D eigenvalue weighted by Crippen LogP contribution is 2.52. The fourth-order valence-corrected chi connectivity index (χ4v) is 10.5. The maximum Gasteiger partial charge on any atom is 0.0546 e. The lowest BCUT2D eigenvalue weighted by atomic mass is 9.82. The summed E-state index contributed by atoms with van der Waals surface area (Å²) in [5.41, 5.74) is 21.4. The number of nitrogens with zero attached hydrogens (tertiary/aromatic N) is 2. The molecule has 2 heteroatoms. The highest BCUT2D eigenvalue weighted by molar-refractivity contribution is 6.09. The fourth-order valence-electron chi connectivity index (χ4n) is 10.5. The highest BCUT2D eigenvalue weighted by Gasteiger charge is 2.36. The molecule has 0 radical (unpaired) electrons. The molecule has 0 bridgehead atoms. The Morgan fingerprint density at radius 3 is 1.60 bits per heavy atom. The molecule has 0 saturated heterocycles. The van der Waals surface area contributed by atoms with Crippen LogP contribution < -0.4 is 4.90 Å². The molecular weight excluding hydrogens is 785 g/mol. The van der Waals surface area contributed by atoms with Crippen molar-refractivity contribution in [1.29, 1.82) is 0 Å². The van der Waals surface area contributed by atoms with Gasteiger partial charge in [0, 0.05) is 38.8 Å². The van der Waals surface area contributed by atoms with Gasteiger partial charge in [0.25, 0.3) is 0 Å². The molecule has 12 rings (SSSR count). The molecule has 0 spiro atoms. The second kappa shape index (κ2) is 15.6. The minimum absolute atomic E-state index is 0.172. The summed E-state index contributed by atoms with van der Waals surface area (Å²) in [6, 6.07) is 89.1. The summed E-state index contributed by atoms with van der Waals surface area (Å²) < 4.78 is 2.42. The van der Waals surface area contributed by atoms with Gasteiger partial charge in [0.1, 0.15) is 0 Å². The molecule has 0 unspecified atom stereocenters. The Labute approximate surface area is 381 Å². The van der Waals surface area contributed by atoms with Gasteiger partial charge in [-0.15, -0.1) is 0 Å². The highest BCUT2D eigenvalue weighted by atomic mass is 15.1. The summed E-state index contributed by atoms with van der Waals surface area (Å²) >= 11 is 0. The second-order valence-corrected chi connectivity index (χ2v) is 17.7. The van der Waals surface area contributed by atoms with E-state index in [1.807, 2.05) is 0 Å². The first-order valence-electron chi connectivity index (χ1n) is 22.6. The Kier molecular flexibility index (Phi) is 9.21. The van der Waals surface area contributed by atoms with E-state index in [2.05, 4.69) is 266 Å². The maximum atomic E-state index is 2.50. The molecule has 0 fully saturated rings. The van der Waals surface area contributed by atoms with E-state index in [1.54, 1.807) is 0 Å². The van der Waals surface area contributed by atoms with Crippen molar-refractivity contribution in [3.8, 4) is 61.3 Å². The smallest absolute Gasteiger partial charge is 0.0546 e. The lowest BCUT2D eigenvalue weighted by Crippen LogP contribution is -2.17. The SMILES string of the molecule is CC1(C)c2ccccc2-c2ccc(N(c3cccc(-n4c5ccccc5c5ccccc54)c3)c3cccc(-c4cccc(-c5ccccc5)c4)c3-c3ccc(-c4ccccc4)cc3)cc21. The van der Waals surface area contributed by atoms with Crippen molar-refractivity contribution in [3.05, 3.63) is 254 Å². The van der Waals surface area contributed by atoms with Gasteiger partial charge in [0.05, 0.1) is 16.7 Å². The molecule has 11 aromatic rings. The Morgan fingerprint density at radius 1 is 0.338 bits per heavy atom. The molecule has 0 amide bonds. The first-order chi connectivity index (χ1) is 32.0. The molecule has 0 saturated carbocycles. The van der Waals surface area contributed by atoms with Crippen molar-refractivity contribution in [2.45, 2.75) is 19.3 Å². The van der Waals surface area contributed by atoms with E-state index in [4.69, 9.17) is 0 Å². The average molecular weight is 831 g/mol. The van der Waals surface area contributed by atoms with E-state index >= 15 is 0 Å². The zero-order valence-corrected chi connectivity index (χ0v) is 36.5. The van der Waals surface area contributed by atoms with Gasteiger partial charge in [-0.05, 0) is 116 Å². The fraction of sp³-hybridized carbons (Fsp3) is 0.0476. The number of hydrogen-bond donors (Lipinski definition) is 0. The summed E-state index contributed by atoms with van der Waals surface area (Å²) in [5, 5.41) is 2.50. The molecule has 1 aliphatic carbocycles. The quantitative estimate of drug-likeness (QED) is 0.148. The van der Waals surface area contributed by atoms with Crippen molar-refractivity contribution in [2.75, 3.05) is 4.90 Å². The van der Waals surface area contributed by atoms with Gasteiger partial charge in [-0.2, -0.15) is 0 Å². The standard InChI is InChI=1S/C63H46N2/c1-63(2)57-30-12-9-26-53(57)54-39-38-51(42-58(54)63)64(49-24-16-25-50(41-49)65-59-31-13-10-27-55(59)56-28-11-14-32-60(56)65)61-33-17-29-52(48-23-15-22-47(40-48)44-20-7-4-8-21-44)62(61)46-36-34-45(35-37-46)43-18-5-3-6-19-43/h3-42H,1-2H3. The molecule has 0 aliphatic heterocycles. The molecule has 308 valence electrons. The lowest BCUT2D eigenvalue weighted by Gasteiger charge is -2.31. The van der Waals surface area contributed by atoms with E-state index in [0.29, 0.717) is 0 Å². The van der Waals surface area contributed by atoms with Gasteiger partial charge >= 0.3 is 0 Å². The van der Waals surface area contributed by atoms with Crippen molar-refractivity contribution >= 4 is 38.9 Å². The molecule has 10 aromatic carbocycles. The van der Waals surface area contributed by atoms with E-state index in [-0.39, 0.29) is 5.41 Å². The van der Waals surface area contributed by atoms with Crippen LogP contribution in [0.5, 0.6) is 0 Å². The average Bonchev–Trinajstić information content (AvgIpc) is 3.83. The van der Waals surface area contributed by atoms with Gasteiger partial charge in [-0.1, -0.05) is 202 Å². The van der Waals surface area contributed by atoms with Crippen LogP contribution in [0.15, 0.2) is 243 Å². The zero-order valence-electron chi connectivity index (χ0n) is 36.5. The number of fused-ring (bicyclic) bond motifs is 6. The van der Waals surface area contributed by atoms with Crippen molar-refractivity contribution < 1.29 is 0 Å². The van der Waals surface area contributed by atoms with E-state index < -0.39 is 0 Å². The van der Waals surface area contributed by atoms with Gasteiger partial charge in [0.2, 0.25) is 0 Å². The number of hydrogen-bond acceptors (Lipinski definition) is 1. The Balaban J connectivity index is 1.12. The van der Waals surface area contributed by atoms with Crippen LogP contribution in [0.3, 0.4) is 0 Å². The predicted molar refractivity (Wildman–Crippen MR) is 275 cm³/mol. The second-order valence-electron chi connectivity index (χ2n) is 17.7. The number of benzene rings is 10. The Morgan fingerprint density at radius 2 is 0.862 bits per heavy atom. The number of anilines is 3. The molecule has 0 N–H and O–H groups in total. The lowest BCUT2D eigenvalue weighted by molar-refractivity contribution is 0.660. The monoisotopic (exact) mass is 830 g/mol. The first-order valence-corrected chi connectivity index (χ1v) is 22.6. The van der Waals surface area contributed by atoms with E-state index in [1.165, 1.54) is 83.0 Å². The van der Waals surface area contributed by atoms with Crippen LogP contribution in [0.4, 0.5) is 17.1 Å². The summed E-state index contributed by atoms with van der Waals surface area (Å²) in [6.45, 7) is 4.74. The van der Waals surface area contributed by atoms with Crippen LogP contribution >= 0.6 is 0 Å². The van der Waals surface area contributed by atoms with Crippen molar-refractivity contribution in [2.24, 2.45) is 0 Å². The minimum atomic E-state index is -0.172. The van der Waals surface area contributed by atoms with Crippen LogP contribution in [-0.2, 0) is 5.41 Å². The van der Waals surface area contributed by atoms with Gasteiger partial charge in [0.15, 0.2) is 0 Å². The molecule has 2 nitrogen and oxygen atoms in total.